The summed E-state index contributed by atoms with van der Waals surface area (Å²) in [7, 11) is 0. The fourth-order valence-corrected chi connectivity index (χ4v) is 2.24. The van der Waals surface area contributed by atoms with Crippen LogP contribution in [0.3, 0.4) is 0 Å². The Hall–Kier alpha value is -2.10. The van der Waals surface area contributed by atoms with Gasteiger partial charge in [-0.25, -0.2) is 0 Å². The molecule has 0 aliphatic rings. The van der Waals surface area contributed by atoms with E-state index in [1.54, 1.807) is 6.20 Å². The summed E-state index contributed by atoms with van der Waals surface area (Å²) in [6.45, 7) is 5.63. The number of para-hydroxylation sites is 1. The van der Waals surface area contributed by atoms with Gasteiger partial charge in [-0.3, -0.25) is 9.78 Å². The molecule has 4 heteroatoms. The van der Waals surface area contributed by atoms with Crippen molar-refractivity contribution in [1.29, 1.82) is 0 Å². The number of fused-ring (bicyclic) bond motifs is 1. The first-order chi connectivity index (χ1) is 9.67. The molecule has 0 unspecified atom stereocenters. The number of nitrogens with two attached hydrogens (primary N) is 1. The third kappa shape index (κ3) is 2.90. The number of nitrogens with zero attached hydrogens (tertiary/aromatic N) is 2. The largest absolute Gasteiger partial charge is 0.397 e. The summed E-state index contributed by atoms with van der Waals surface area (Å²) in [5, 5.41) is 0.905. The number of carbonyl (C=O) groups excluding carboxylic acids is 1. The van der Waals surface area contributed by atoms with Crippen molar-refractivity contribution in [2.24, 2.45) is 0 Å². The summed E-state index contributed by atoms with van der Waals surface area (Å²) in [6.07, 6.45) is 3.72. The molecule has 1 aromatic carbocycles. The Morgan fingerprint density at radius 1 is 1.35 bits per heavy atom. The van der Waals surface area contributed by atoms with Gasteiger partial charge in [0.15, 0.2) is 0 Å². The van der Waals surface area contributed by atoms with Crippen molar-refractivity contribution in [2.75, 3.05) is 18.8 Å². The first-order valence-corrected chi connectivity index (χ1v) is 7.10. The molecule has 0 aliphatic heterocycles. The third-order valence-corrected chi connectivity index (χ3v) is 3.44. The zero-order valence-corrected chi connectivity index (χ0v) is 12.1. The molecule has 106 valence electrons. The first-order valence-electron chi connectivity index (χ1n) is 7.10. The number of anilines is 1. The second kappa shape index (κ2) is 6.37. The topological polar surface area (TPSA) is 59.2 Å². The Morgan fingerprint density at radius 3 is 2.85 bits per heavy atom. The van der Waals surface area contributed by atoms with Crippen LogP contribution in [0.2, 0.25) is 0 Å². The maximum Gasteiger partial charge on any atom is 0.255 e. The van der Waals surface area contributed by atoms with E-state index in [4.69, 9.17) is 5.73 Å². The molecule has 20 heavy (non-hydrogen) atoms. The third-order valence-electron chi connectivity index (χ3n) is 3.44. The minimum atomic E-state index is 0.0396. The summed E-state index contributed by atoms with van der Waals surface area (Å²) in [5.74, 6) is 0.0396. The van der Waals surface area contributed by atoms with Gasteiger partial charge in [0.25, 0.3) is 5.91 Å². The predicted octanol–water partition coefficient (Wildman–Crippen LogP) is 3.08. The minimum Gasteiger partial charge on any atom is -0.397 e. The fourth-order valence-electron chi connectivity index (χ4n) is 2.24. The Labute approximate surface area is 119 Å². The number of hydrogen-bond donors (Lipinski definition) is 1. The van der Waals surface area contributed by atoms with E-state index in [1.165, 1.54) is 0 Å². The Morgan fingerprint density at radius 2 is 2.15 bits per heavy atom. The van der Waals surface area contributed by atoms with Crippen molar-refractivity contribution in [1.82, 2.24) is 9.88 Å². The number of amides is 1. The van der Waals surface area contributed by atoms with Gasteiger partial charge in [0, 0.05) is 24.7 Å². The molecule has 0 fully saturated rings. The number of hydrogen-bond acceptors (Lipinski definition) is 3. The van der Waals surface area contributed by atoms with Crippen LogP contribution in [-0.2, 0) is 0 Å². The van der Waals surface area contributed by atoms with Gasteiger partial charge in [-0.1, -0.05) is 25.5 Å². The molecule has 1 heterocycles. The van der Waals surface area contributed by atoms with Gasteiger partial charge in [-0.15, -0.1) is 0 Å². The van der Waals surface area contributed by atoms with Crippen LogP contribution in [0.15, 0.2) is 30.5 Å². The molecule has 0 atom stereocenters. The van der Waals surface area contributed by atoms with Crippen LogP contribution in [0, 0.1) is 0 Å². The van der Waals surface area contributed by atoms with E-state index in [1.807, 2.05) is 36.1 Å². The van der Waals surface area contributed by atoms with Crippen LogP contribution in [0.4, 0.5) is 5.69 Å². The first kappa shape index (κ1) is 14.3. The number of rotatable bonds is 5. The average molecular weight is 271 g/mol. The molecule has 0 spiro atoms. The number of aromatic nitrogens is 1. The number of pyridine rings is 1. The van der Waals surface area contributed by atoms with Crippen molar-refractivity contribution < 1.29 is 4.79 Å². The normalized spacial score (nSPS) is 10.7. The molecule has 0 bridgehead atoms. The summed E-state index contributed by atoms with van der Waals surface area (Å²) in [6, 6.07) is 7.49. The van der Waals surface area contributed by atoms with Crippen molar-refractivity contribution in [2.45, 2.75) is 26.7 Å². The molecule has 4 nitrogen and oxygen atoms in total. The highest BCUT2D eigenvalue weighted by molar-refractivity contribution is 5.99. The fraction of sp³-hybridized carbons (Fsp3) is 0.375. The maximum absolute atomic E-state index is 12.5. The van der Waals surface area contributed by atoms with Gasteiger partial charge in [0.1, 0.15) is 0 Å². The quantitative estimate of drug-likeness (QED) is 0.850. The Kier molecular flexibility index (Phi) is 4.56. The summed E-state index contributed by atoms with van der Waals surface area (Å²) >= 11 is 0. The molecule has 0 saturated heterocycles. The SMILES string of the molecule is CCCCN(CC)C(=O)c1cnc2c(N)cccc2c1. The smallest absolute Gasteiger partial charge is 0.255 e. The number of unbranched alkanes of at least 4 members (excludes halogenated alkanes) is 1. The molecule has 0 radical (unpaired) electrons. The lowest BCUT2D eigenvalue weighted by Gasteiger charge is -2.20. The summed E-state index contributed by atoms with van der Waals surface area (Å²) in [5.41, 5.74) is 7.89. The standard InChI is InChI=1S/C16H21N3O/c1-3-5-9-19(4-2)16(20)13-10-12-7-6-8-14(17)15(12)18-11-13/h6-8,10-11H,3-5,9,17H2,1-2H3. The van der Waals surface area contributed by atoms with E-state index in [0.29, 0.717) is 17.8 Å². The van der Waals surface area contributed by atoms with E-state index >= 15 is 0 Å². The van der Waals surface area contributed by atoms with Crippen LogP contribution in [-0.4, -0.2) is 28.9 Å². The summed E-state index contributed by atoms with van der Waals surface area (Å²) < 4.78 is 0. The lowest BCUT2D eigenvalue weighted by atomic mass is 10.1. The van der Waals surface area contributed by atoms with E-state index in [-0.39, 0.29) is 5.91 Å². The highest BCUT2D eigenvalue weighted by Gasteiger charge is 2.14. The monoisotopic (exact) mass is 271 g/mol. The van der Waals surface area contributed by atoms with Gasteiger partial charge >= 0.3 is 0 Å². The van der Waals surface area contributed by atoms with Crippen molar-refractivity contribution >= 4 is 22.5 Å². The number of nitrogen functional groups attached to an aromatic ring is 1. The van der Waals surface area contributed by atoms with E-state index in [0.717, 1.165) is 30.3 Å². The van der Waals surface area contributed by atoms with E-state index in [9.17, 15) is 4.79 Å². The lowest BCUT2D eigenvalue weighted by Crippen LogP contribution is -2.31. The molecular formula is C16H21N3O. The molecule has 0 saturated carbocycles. The Balaban J connectivity index is 2.30. The molecule has 0 aliphatic carbocycles. The summed E-state index contributed by atoms with van der Waals surface area (Å²) in [4.78, 5) is 18.7. The molecule has 1 amide bonds. The van der Waals surface area contributed by atoms with Gasteiger partial charge in [-0.2, -0.15) is 0 Å². The van der Waals surface area contributed by atoms with Crippen LogP contribution in [0.5, 0.6) is 0 Å². The van der Waals surface area contributed by atoms with Crippen LogP contribution in [0.25, 0.3) is 10.9 Å². The molecule has 2 aromatic rings. The maximum atomic E-state index is 12.5. The number of benzene rings is 1. The van der Waals surface area contributed by atoms with Crippen LogP contribution < -0.4 is 5.73 Å². The van der Waals surface area contributed by atoms with Gasteiger partial charge in [0.2, 0.25) is 0 Å². The zero-order valence-electron chi connectivity index (χ0n) is 12.1. The highest BCUT2D eigenvalue weighted by Crippen LogP contribution is 2.20. The average Bonchev–Trinajstić information content (AvgIpc) is 2.47. The second-order valence-corrected chi connectivity index (χ2v) is 4.88. The van der Waals surface area contributed by atoms with Crippen molar-refractivity contribution in [3.63, 3.8) is 0 Å². The van der Waals surface area contributed by atoms with Gasteiger partial charge in [-0.05, 0) is 25.5 Å². The molecular weight excluding hydrogens is 250 g/mol. The van der Waals surface area contributed by atoms with Crippen LogP contribution in [0.1, 0.15) is 37.0 Å². The highest BCUT2D eigenvalue weighted by atomic mass is 16.2. The molecule has 1 aromatic heterocycles. The lowest BCUT2D eigenvalue weighted by molar-refractivity contribution is 0.0762. The van der Waals surface area contributed by atoms with Gasteiger partial charge < -0.3 is 10.6 Å². The predicted molar refractivity (Wildman–Crippen MR) is 82.6 cm³/mol. The molecule has 2 rings (SSSR count). The minimum absolute atomic E-state index is 0.0396. The van der Waals surface area contributed by atoms with E-state index < -0.39 is 0 Å². The van der Waals surface area contributed by atoms with Crippen molar-refractivity contribution in [3.05, 3.63) is 36.0 Å². The molecule has 2 N–H and O–H groups in total. The van der Waals surface area contributed by atoms with Crippen LogP contribution >= 0.6 is 0 Å². The Bertz CT molecular complexity index is 610. The second-order valence-electron chi connectivity index (χ2n) is 4.88. The zero-order chi connectivity index (χ0) is 14.5. The van der Waals surface area contributed by atoms with Gasteiger partial charge in [0.05, 0.1) is 16.8 Å². The van der Waals surface area contributed by atoms with Crippen molar-refractivity contribution in [3.8, 4) is 0 Å². The van der Waals surface area contributed by atoms with E-state index in [2.05, 4.69) is 11.9 Å². The number of carbonyl (C=O) groups is 1.